The third-order valence-corrected chi connectivity index (χ3v) is 4.52. The van der Waals surface area contributed by atoms with E-state index in [-0.39, 0.29) is 5.82 Å². The molecule has 4 rings (SSSR count). The van der Waals surface area contributed by atoms with Crippen LogP contribution in [-0.2, 0) is 0 Å². The van der Waals surface area contributed by atoms with Gasteiger partial charge in [-0.3, -0.25) is 4.99 Å². The van der Waals surface area contributed by atoms with Crippen LogP contribution in [-0.4, -0.2) is 5.71 Å². The zero-order valence-electron chi connectivity index (χ0n) is 14.0. The number of aliphatic imine (C=N–C) groups is 1. The Balaban J connectivity index is 1.62. The largest absolute Gasteiger partial charge is 0.252 e. The maximum absolute atomic E-state index is 13.1. The van der Waals surface area contributed by atoms with Crippen molar-refractivity contribution in [3.05, 3.63) is 112 Å². The summed E-state index contributed by atoms with van der Waals surface area (Å²) in [7, 11) is 0. The minimum atomic E-state index is -0.225. The summed E-state index contributed by atoms with van der Waals surface area (Å²) < 4.78 is 13.1. The SMILES string of the molecule is CC1C=CC=C(C2=C=CC3=C(C=C2)CC(c2ccc(F)cc2)=N3)C=C1. The average Bonchev–Trinajstić information content (AvgIpc) is 2.76. The minimum absolute atomic E-state index is 0.225. The summed E-state index contributed by atoms with van der Waals surface area (Å²) in [6.45, 7) is 2.17. The standard InChI is InChI=1S/C23H18FN/c1-16-3-2-4-17(6-5-16)18-7-8-20-15-23(25-22(20)14-11-18)19-9-12-21(24)13-10-19/h2-10,12-14,16H,15H2,1H3. The molecule has 2 aliphatic carbocycles. The Hall–Kier alpha value is -2.96. The Bertz CT molecular complexity index is 956. The van der Waals surface area contributed by atoms with Crippen LogP contribution in [0.2, 0.25) is 0 Å². The van der Waals surface area contributed by atoms with E-state index in [1.54, 1.807) is 12.1 Å². The molecule has 1 nitrogen and oxygen atoms in total. The van der Waals surface area contributed by atoms with Gasteiger partial charge in [-0.2, -0.15) is 0 Å². The molecule has 1 heterocycles. The average molecular weight is 327 g/mol. The van der Waals surface area contributed by atoms with E-state index in [1.807, 2.05) is 6.08 Å². The molecule has 0 aromatic heterocycles. The molecule has 1 atom stereocenters. The third-order valence-electron chi connectivity index (χ3n) is 4.52. The molecule has 0 saturated heterocycles. The summed E-state index contributed by atoms with van der Waals surface area (Å²) in [4.78, 5) is 4.72. The molecule has 0 radical (unpaired) electrons. The van der Waals surface area contributed by atoms with Gasteiger partial charge in [0.25, 0.3) is 0 Å². The molecule has 0 spiro atoms. The molecule has 0 N–H and O–H groups in total. The van der Waals surface area contributed by atoms with E-state index in [9.17, 15) is 4.39 Å². The lowest BCUT2D eigenvalue weighted by molar-refractivity contribution is 0.628. The van der Waals surface area contributed by atoms with Gasteiger partial charge >= 0.3 is 0 Å². The van der Waals surface area contributed by atoms with E-state index >= 15 is 0 Å². The highest BCUT2D eigenvalue weighted by Gasteiger charge is 2.17. The van der Waals surface area contributed by atoms with Gasteiger partial charge in [-0.25, -0.2) is 4.39 Å². The fraction of sp³-hybridized carbons (Fsp3) is 0.130. The van der Waals surface area contributed by atoms with Gasteiger partial charge in [0.1, 0.15) is 5.82 Å². The second-order valence-corrected chi connectivity index (χ2v) is 6.41. The number of nitrogens with zero attached hydrogens (tertiary/aromatic N) is 1. The van der Waals surface area contributed by atoms with E-state index in [0.29, 0.717) is 5.92 Å². The Morgan fingerprint density at radius 2 is 1.92 bits per heavy atom. The molecule has 0 bridgehead atoms. The van der Waals surface area contributed by atoms with Gasteiger partial charge in [-0.1, -0.05) is 55.5 Å². The number of halogens is 1. The van der Waals surface area contributed by atoms with Crippen LogP contribution in [0.15, 0.2) is 106 Å². The summed E-state index contributed by atoms with van der Waals surface area (Å²) in [6, 6.07) is 6.52. The number of benzene rings is 1. The maximum atomic E-state index is 13.1. The highest BCUT2D eigenvalue weighted by molar-refractivity contribution is 6.05. The molecule has 3 aliphatic rings. The van der Waals surface area contributed by atoms with E-state index in [2.05, 4.69) is 55.2 Å². The van der Waals surface area contributed by atoms with Crippen molar-refractivity contribution < 1.29 is 4.39 Å². The number of rotatable bonds is 2. The van der Waals surface area contributed by atoms with Crippen molar-refractivity contribution in [3.63, 3.8) is 0 Å². The molecular weight excluding hydrogens is 309 g/mol. The van der Waals surface area contributed by atoms with Gasteiger partial charge in [-0.05, 0) is 40.8 Å². The minimum Gasteiger partial charge on any atom is -0.252 e. The van der Waals surface area contributed by atoms with Gasteiger partial charge in [-0.15, -0.1) is 5.73 Å². The zero-order valence-corrected chi connectivity index (χ0v) is 14.0. The topological polar surface area (TPSA) is 12.4 Å². The Morgan fingerprint density at radius 3 is 2.76 bits per heavy atom. The smallest absolute Gasteiger partial charge is 0.123 e. The van der Waals surface area contributed by atoms with Gasteiger partial charge in [0, 0.05) is 18.1 Å². The van der Waals surface area contributed by atoms with Gasteiger partial charge in [0.15, 0.2) is 0 Å². The predicted octanol–water partition coefficient (Wildman–Crippen LogP) is 5.61. The van der Waals surface area contributed by atoms with Crippen molar-refractivity contribution in [2.45, 2.75) is 13.3 Å². The molecule has 1 aliphatic heterocycles. The second kappa shape index (κ2) is 6.51. The van der Waals surface area contributed by atoms with Crippen LogP contribution in [0.25, 0.3) is 0 Å². The quantitative estimate of drug-likeness (QED) is 0.626. The molecule has 0 amide bonds. The first-order valence-electron chi connectivity index (χ1n) is 8.47. The van der Waals surface area contributed by atoms with Crippen molar-refractivity contribution in [1.82, 2.24) is 0 Å². The van der Waals surface area contributed by atoms with Crippen LogP contribution < -0.4 is 0 Å². The first-order chi connectivity index (χ1) is 12.2. The fourth-order valence-corrected chi connectivity index (χ4v) is 3.05. The molecule has 1 unspecified atom stereocenters. The van der Waals surface area contributed by atoms with Gasteiger partial charge in [0.2, 0.25) is 0 Å². The van der Waals surface area contributed by atoms with Gasteiger partial charge < -0.3 is 0 Å². The third kappa shape index (κ3) is 3.31. The van der Waals surface area contributed by atoms with Crippen molar-refractivity contribution in [1.29, 1.82) is 0 Å². The number of allylic oxidation sites excluding steroid dienone is 10. The van der Waals surface area contributed by atoms with E-state index in [1.165, 1.54) is 17.7 Å². The van der Waals surface area contributed by atoms with Crippen molar-refractivity contribution >= 4 is 5.71 Å². The Kier molecular flexibility index (Phi) is 4.05. The molecule has 2 heteroatoms. The summed E-state index contributed by atoms with van der Waals surface area (Å²) >= 11 is 0. The lowest BCUT2D eigenvalue weighted by Gasteiger charge is -2.02. The van der Waals surface area contributed by atoms with Crippen molar-refractivity contribution in [2.75, 3.05) is 0 Å². The summed E-state index contributed by atoms with van der Waals surface area (Å²) in [5.74, 6) is 0.219. The van der Waals surface area contributed by atoms with Crippen LogP contribution in [0.3, 0.4) is 0 Å². The molecule has 25 heavy (non-hydrogen) atoms. The fourth-order valence-electron chi connectivity index (χ4n) is 3.05. The molecule has 0 fully saturated rings. The first kappa shape index (κ1) is 15.6. The lowest BCUT2D eigenvalue weighted by atomic mass is 10.0. The molecular formula is C23H18FN. The number of hydrogen-bond donors (Lipinski definition) is 0. The molecule has 1 aromatic carbocycles. The normalized spacial score (nSPS) is 21.5. The lowest BCUT2D eigenvalue weighted by Crippen LogP contribution is -1.97. The van der Waals surface area contributed by atoms with E-state index in [0.717, 1.165) is 34.5 Å². The molecule has 0 saturated carbocycles. The Labute approximate surface area is 147 Å². The maximum Gasteiger partial charge on any atom is 0.123 e. The molecule has 1 aromatic rings. The van der Waals surface area contributed by atoms with E-state index < -0.39 is 0 Å². The van der Waals surface area contributed by atoms with Crippen LogP contribution in [0.5, 0.6) is 0 Å². The highest BCUT2D eigenvalue weighted by atomic mass is 19.1. The summed E-state index contributed by atoms with van der Waals surface area (Å²) in [5.41, 5.74) is 9.63. The Morgan fingerprint density at radius 1 is 1.08 bits per heavy atom. The van der Waals surface area contributed by atoms with Crippen LogP contribution in [0.1, 0.15) is 18.9 Å². The zero-order chi connectivity index (χ0) is 17.2. The summed E-state index contributed by atoms with van der Waals surface area (Å²) in [6.07, 6.45) is 17.6. The first-order valence-corrected chi connectivity index (χ1v) is 8.47. The van der Waals surface area contributed by atoms with E-state index in [4.69, 9.17) is 4.99 Å². The van der Waals surface area contributed by atoms with Crippen LogP contribution >= 0.6 is 0 Å². The van der Waals surface area contributed by atoms with Crippen molar-refractivity contribution in [2.24, 2.45) is 10.9 Å². The monoisotopic (exact) mass is 327 g/mol. The highest BCUT2D eigenvalue weighted by Crippen LogP contribution is 2.29. The predicted molar refractivity (Wildman–Crippen MR) is 101 cm³/mol. The number of hydrogen-bond acceptors (Lipinski definition) is 1. The van der Waals surface area contributed by atoms with Crippen LogP contribution in [0.4, 0.5) is 4.39 Å². The summed E-state index contributed by atoms with van der Waals surface area (Å²) in [5, 5.41) is 0. The second-order valence-electron chi connectivity index (χ2n) is 6.41. The van der Waals surface area contributed by atoms with Crippen molar-refractivity contribution in [3.8, 4) is 0 Å². The van der Waals surface area contributed by atoms with Crippen LogP contribution in [0, 0.1) is 11.7 Å². The van der Waals surface area contributed by atoms with Gasteiger partial charge in [0.05, 0.1) is 11.4 Å². The molecule has 122 valence electrons.